The Labute approximate surface area is 144 Å². The van der Waals surface area contributed by atoms with E-state index in [0.29, 0.717) is 6.04 Å². The third kappa shape index (κ3) is 3.13. The molecule has 1 saturated heterocycles. The van der Waals surface area contributed by atoms with Gasteiger partial charge in [0.25, 0.3) is 0 Å². The molecule has 3 nitrogen and oxygen atoms in total. The largest absolute Gasteiger partial charge is 0.361 e. The Morgan fingerprint density at radius 3 is 2.50 bits per heavy atom. The molecule has 0 spiro atoms. The highest BCUT2D eigenvalue weighted by Crippen LogP contribution is 2.43. The number of rotatable bonds is 3. The summed E-state index contributed by atoms with van der Waals surface area (Å²) in [5.41, 5.74) is 2.82. The van der Waals surface area contributed by atoms with Gasteiger partial charge in [0.2, 0.25) is 0 Å². The summed E-state index contributed by atoms with van der Waals surface area (Å²) >= 11 is 0. The van der Waals surface area contributed by atoms with Gasteiger partial charge in [0.05, 0.1) is 0 Å². The lowest BCUT2D eigenvalue weighted by Gasteiger charge is -2.43. The van der Waals surface area contributed by atoms with Crippen LogP contribution in [0.25, 0.3) is 10.9 Å². The fourth-order valence-electron chi connectivity index (χ4n) is 3.83. The van der Waals surface area contributed by atoms with Crippen molar-refractivity contribution < 1.29 is 0 Å². The minimum atomic E-state index is 0. The number of halogens is 2. The number of aromatic amines is 1. The van der Waals surface area contributed by atoms with Gasteiger partial charge in [0.15, 0.2) is 0 Å². The van der Waals surface area contributed by atoms with Gasteiger partial charge in [-0.25, -0.2) is 0 Å². The molecule has 0 amide bonds. The lowest BCUT2D eigenvalue weighted by Crippen LogP contribution is -2.47. The molecule has 4 rings (SSSR count). The van der Waals surface area contributed by atoms with Crippen LogP contribution in [-0.4, -0.2) is 36.1 Å². The molecule has 0 bridgehead atoms. The molecular formula is C17H25Cl2N3. The Morgan fingerprint density at radius 2 is 1.82 bits per heavy atom. The van der Waals surface area contributed by atoms with Gasteiger partial charge in [-0.2, -0.15) is 0 Å². The molecule has 22 heavy (non-hydrogen) atoms. The van der Waals surface area contributed by atoms with Crippen LogP contribution in [0.4, 0.5) is 0 Å². The molecule has 2 fully saturated rings. The summed E-state index contributed by atoms with van der Waals surface area (Å²) in [6.45, 7) is 4.63. The van der Waals surface area contributed by atoms with Gasteiger partial charge in [0.1, 0.15) is 0 Å². The Hall–Kier alpha value is -0.740. The van der Waals surface area contributed by atoms with Crippen LogP contribution in [0.3, 0.4) is 0 Å². The van der Waals surface area contributed by atoms with Gasteiger partial charge in [-0.05, 0) is 36.5 Å². The van der Waals surface area contributed by atoms with Crippen molar-refractivity contribution in [3.05, 3.63) is 36.0 Å². The molecule has 1 aliphatic carbocycles. The minimum Gasteiger partial charge on any atom is -0.361 e. The summed E-state index contributed by atoms with van der Waals surface area (Å²) in [6.07, 6.45) is 6.28. The quantitative estimate of drug-likeness (QED) is 0.890. The molecule has 2 N–H and O–H groups in total. The number of aromatic nitrogens is 1. The summed E-state index contributed by atoms with van der Waals surface area (Å²) in [5, 5.41) is 4.90. The van der Waals surface area contributed by atoms with Gasteiger partial charge >= 0.3 is 0 Å². The summed E-state index contributed by atoms with van der Waals surface area (Å²) in [5.74, 6) is 0.855. The van der Waals surface area contributed by atoms with Crippen molar-refractivity contribution in [3.8, 4) is 0 Å². The van der Waals surface area contributed by atoms with Crippen molar-refractivity contribution in [2.45, 2.75) is 25.3 Å². The van der Waals surface area contributed by atoms with Gasteiger partial charge in [-0.1, -0.05) is 18.6 Å². The first-order valence-corrected chi connectivity index (χ1v) is 7.94. The Balaban J connectivity index is 0.000000882. The summed E-state index contributed by atoms with van der Waals surface area (Å²) in [6, 6.07) is 9.61. The van der Waals surface area contributed by atoms with E-state index < -0.39 is 0 Å². The lowest BCUT2D eigenvalue weighted by atomic mass is 9.75. The van der Waals surface area contributed by atoms with Crippen LogP contribution in [0, 0.1) is 5.92 Å². The van der Waals surface area contributed by atoms with Crippen molar-refractivity contribution in [2.24, 2.45) is 5.92 Å². The van der Waals surface area contributed by atoms with Crippen molar-refractivity contribution in [3.63, 3.8) is 0 Å². The van der Waals surface area contributed by atoms with E-state index in [-0.39, 0.29) is 24.8 Å². The lowest BCUT2D eigenvalue weighted by molar-refractivity contribution is 0.0847. The standard InChI is InChI=1S/C17H23N3.2ClH/c1-3-13(4-1)17(20-11-9-18-10-12-20)15-5-2-6-16-14(15)7-8-19-16;;/h2,5-8,13,17-19H,1,3-4,9-12H2;2*1H/t17-;;/m1../s1. The number of piperazine rings is 1. The zero-order valence-corrected chi connectivity index (χ0v) is 14.4. The van der Waals surface area contributed by atoms with E-state index in [1.54, 1.807) is 0 Å². The molecule has 1 aromatic heterocycles. The first kappa shape index (κ1) is 17.6. The second-order valence-corrected chi connectivity index (χ2v) is 6.21. The second kappa shape index (κ2) is 7.69. The number of fused-ring (bicyclic) bond motifs is 1. The maximum absolute atomic E-state index is 3.48. The highest BCUT2D eigenvalue weighted by molar-refractivity contribution is 5.85. The van der Waals surface area contributed by atoms with Crippen LogP contribution in [0.5, 0.6) is 0 Å². The summed E-state index contributed by atoms with van der Waals surface area (Å²) in [7, 11) is 0. The number of H-pyrrole nitrogens is 1. The van der Waals surface area contributed by atoms with Crippen molar-refractivity contribution in [2.75, 3.05) is 26.2 Å². The predicted molar refractivity (Wildman–Crippen MR) is 97.3 cm³/mol. The minimum absolute atomic E-state index is 0. The Morgan fingerprint density at radius 1 is 1.05 bits per heavy atom. The number of benzene rings is 1. The van der Waals surface area contributed by atoms with Crippen molar-refractivity contribution in [1.82, 2.24) is 15.2 Å². The normalized spacial score (nSPS) is 20.7. The molecule has 1 saturated carbocycles. The first-order valence-electron chi connectivity index (χ1n) is 7.94. The average Bonchev–Trinajstić information content (AvgIpc) is 2.92. The molecule has 5 heteroatoms. The van der Waals surface area contributed by atoms with E-state index in [1.165, 1.54) is 48.8 Å². The number of nitrogens with zero attached hydrogens (tertiary/aromatic N) is 1. The summed E-state index contributed by atoms with van der Waals surface area (Å²) < 4.78 is 0. The zero-order chi connectivity index (χ0) is 13.4. The molecule has 2 heterocycles. The van der Waals surface area contributed by atoms with Crippen LogP contribution >= 0.6 is 24.8 Å². The van der Waals surface area contributed by atoms with Crippen LogP contribution in [0.15, 0.2) is 30.5 Å². The third-order valence-corrected chi connectivity index (χ3v) is 5.09. The molecule has 0 unspecified atom stereocenters. The predicted octanol–water partition coefficient (Wildman–Crippen LogP) is 3.76. The molecule has 122 valence electrons. The molecular weight excluding hydrogens is 317 g/mol. The molecule has 1 aromatic carbocycles. The Bertz CT molecular complexity index is 588. The molecule has 1 aliphatic heterocycles. The van der Waals surface area contributed by atoms with E-state index >= 15 is 0 Å². The molecule has 2 aliphatic rings. The highest BCUT2D eigenvalue weighted by Gasteiger charge is 2.34. The van der Waals surface area contributed by atoms with Gasteiger partial charge < -0.3 is 10.3 Å². The van der Waals surface area contributed by atoms with Gasteiger partial charge in [0, 0.05) is 49.3 Å². The van der Waals surface area contributed by atoms with Gasteiger partial charge in [-0.15, -0.1) is 24.8 Å². The SMILES string of the molecule is Cl.Cl.c1cc([C@@H](C2CCC2)N2CCNCC2)c2cc[nH]c2c1. The molecule has 2 aromatic rings. The van der Waals surface area contributed by atoms with E-state index in [4.69, 9.17) is 0 Å². The van der Waals surface area contributed by atoms with Crippen LogP contribution in [0.1, 0.15) is 30.9 Å². The van der Waals surface area contributed by atoms with Gasteiger partial charge in [-0.3, -0.25) is 4.90 Å². The number of hydrogen-bond donors (Lipinski definition) is 2. The zero-order valence-electron chi connectivity index (χ0n) is 12.8. The van der Waals surface area contributed by atoms with E-state index in [9.17, 15) is 0 Å². The fraction of sp³-hybridized carbons (Fsp3) is 0.529. The maximum atomic E-state index is 3.48. The van der Waals surface area contributed by atoms with Crippen LogP contribution in [-0.2, 0) is 0 Å². The number of nitrogens with one attached hydrogen (secondary N) is 2. The van der Waals surface area contributed by atoms with Crippen LogP contribution < -0.4 is 5.32 Å². The number of hydrogen-bond acceptors (Lipinski definition) is 2. The van der Waals surface area contributed by atoms with E-state index in [2.05, 4.69) is 45.7 Å². The topological polar surface area (TPSA) is 31.1 Å². The fourth-order valence-corrected chi connectivity index (χ4v) is 3.83. The highest BCUT2D eigenvalue weighted by atomic mass is 35.5. The first-order chi connectivity index (χ1) is 9.93. The van der Waals surface area contributed by atoms with Crippen molar-refractivity contribution >= 4 is 35.7 Å². The molecule has 1 atom stereocenters. The third-order valence-electron chi connectivity index (χ3n) is 5.09. The van der Waals surface area contributed by atoms with Crippen molar-refractivity contribution in [1.29, 1.82) is 0 Å². The van der Waals surface area contributed by atoms with Crippen LogP contribution in [0.2, 0.25) is 0 Å². The maximum Gasteiger partial charge on any atom is 0.0457 e. The monoisotopic (exact) mass is 341 g/mol. The van der Waals surface area contributed by atoms with E-state index in [1.807, 2.05) is 0 Å². The average molecular weight is 342 g/mol. The second-order valence-electron chi connectivity index (χ2n) is 6.21. The van der Waals surface area contributed by atoms with E-state index in [0.717, 1.165) is 19.0 Å². The Kier molecular flexibility index (Phi) is 6.16. The summed E-state index contributed by atoms with van der Waals surface area (Å²) in [4.78, 5) is 6.07. The smallest absolute Gasteiger partial charge is 0.0457 e. The molecule has 0 radical (unpaired) electrons.